The summed E-state index contributed by atoms with van der Waals surface area (Å²) in [6, 6.07) is 9.16. The Kier molecular flexibility index (Phi) is 11.9. The van der Waals surface area contributed by atoms with Crippen LogP contribution in [-0.4, -0.2) is 83.3 Å². The Labute approximate surface area is 244 Å². The second kappa shape index (κ2) is 15.6. The maximum absolute atomic E-state index is 13.5. The fourth-order valence-corrected chi connectivity index (χ4v) is 3.90. The minimum Gasteiger partial charge on any atom is -0.465 e. The van der Waals surface area contributed by atoms with Gasteiger partial charge in [0.1, 0.15) is 12.4 Å². The van der Waals surface area contributed by atoms with E-state index >= 15 is 0 Å². The predicted molar refractivity (Wildman–Crippen MR) is 148 cm³/mol. The highest BCUT2D eigenvalue weighted by Crippen LogP contribution is 2.21. The fourth-order valence-electron chi connectivity index (χ4n) is 3.66. The summed E-state index contributed by atoms with van der Waals surface area (Å²) >= 11 is 5.81. The number of hydrogen-bond acceptors (Lipinski definition) is 8. The van der Waals surface area contributed by atoms with Gasteiger partial charge in [-0.1, -0.05) is 23.7 Å². The number of halogens is 3. The predicted octanol–water partition coefficient (Wildman–Crippen LogP) is 2.11. The quantitative estimate of drug-likeness (QED) is 0.137. The van der Waals surface area contributed by atoms with Gasteiger partial charge in [0.15, 0.2) is 17.3 Å². The second-order valence-corrected chi connectivity index (χ2v) is 9.32. The molecule has 12 nitrogen and oxygen atoms in total. The molecular formula is C27H29ClF2N6O6. The van der Waals surface area contributed by atoms with Crippen LogP contribution in [0.1, 0.15) is 43.7 Å². The zero-order valence-corrected chi connectivity index (χ0v) is 23.3. The number of nitrogens with zero attached hydrogens (tertiary/aromatic N) is 2. The lowest BCUT2D eigenvalue weighted by molar-refractivity contribution is -0.141. The number of nitrogens with one attached hydrogen (secondary N) is 4. The van der Waals surface area contributed by atoms with E-state index in [1.165, 1.54) is 13.0 Å². The molecule has 0 saturated heterocycles. The Morgan fingerprint density at radius 2 is 1.69 bits per heavy atom. The lowest BCUT2D eigenvalue weighted by Crippen LogP contribution is -2.38. The first kappa shape index (κ1) is 32.1. The normalized spacial score (nSPS) is 10.8. The minimum atomic E-state index is -1.24. The molecule has 0 radical (unpaired) electrons. The van der Waals surface area contributed by atoms with Gasteiger partial charge in [0.05, 0.1) is 17.2 Å². The SMILES string of the molecule is CC(=O)OCCN(CCO)CCNC(=O)c1ccc(CNC(=O)c2cc(NC(=O)c3cc(F)c(F)cc3Cl)[nH]n2)cc1. The number of benzene rings is 2. The Morgan fingerprint density at radius 3 is 2.38 bits per heavy atom. The van der Waals surface area contributed by atoms with Crippen molar-refractivity contribution in [1.82, 2.24) is 25.7 Å². The van der Waals surface area contributed by atoms with Crippen LogP contribution >= 0.6 is 11.6 Å². The summed E-state index contributed by atoms with van der Waals surface area (Å²) in [6.07, 6.45) is 0. The molecule has 3 aromatic rings. The van der Waals surface area contributed by atoms with Gasteiger partial charge in [-0.25, -0.2) is 8.78 Å². The standard InChI is InChI=1S/C27H29ClF2N6O6/c1-16(38)42-11-9-36(8-10-37)7-6-31-25(39)18-4-2-17(3-5-18)15-32-27(41)23-14-24(35-34-23)33-26(40)19-12-21(29)22(30)13-20(19)28/h2-5,12-14,37H,6-11,15H2,1H3,(H,31,39)(H,32,41)(H2,33,34,35,40). The third-order valence-corrected chi connectivity index (χ3v) is 6.14. The molecule has 0 saturated carbocycles. The van der Waals surface area contributed by atoms with E-state index in [1.807, 2.05) is 4.90 Å². The molecule has 0 atom stereocenters. The average Bonchev–Trinajstić information content (AvgIpc) is 3.42. The Bertz CT molecular complexity index is 1420. The highest BCUT2D eigenvalue weighted by molar-refractivity contribution is 6.34. The summed E-state index contributed by atoms with van der Waals surface area (Å²) in [5.74, 6) is -4.47. The van der Waals surface area contributed by atoms with Crippen LogP contribution in [0, 0.1) is 11.6 Å². The molecule has 3 amide bonds. The maximum Gasteiger partial charge on any atom is 0.302 e. The third-order valence-electron chi connectivity index (χ3n) is 5.83. The number of amides is 3. The monoisotopic (exact) mass is 606 g/mol. The number of anilines is 1. The van der Waals surface area contributed by atoms with Crippen LogP contribution < -0.4 is 16.0 Å². The van der Waals surface area contributed by atoms with Crippen molar-refractivity contribution in [3.63, 3.8) is 0 Å². The molecule has 0 bridgehead atoms. The van der Waals surface area contributed by atoms with Gasteiger partial charge in [0, 0.05) is 51.3 Å². The molecule has 0 aliphatic carbocycles. The number of esters is 1. The van der Waals surface area contributed by atoms with E-state index in [-0.39, 0.29) is 53.7 Å². The first-order chi connectivity index (χ1) is 20.1. The molecule has 0 spiro atoms. The number of rotatable bonds is 14. The molecule has 3 rings (SSSR count). The summed E-state index contributed by atoms with van der Waals surface area (Å²) in [4.78, 5) is 50.1. The number of aromatic amines is 1. The first-order valence-corrected chi connectivity index (χ1v) is 13.1. The second-order valence-electron chi connectivity index (χ2n) is 8.91. The lowest BCUT2D eigenvalue weighted by Gasteiger charge is -2.21. The largest absolute Gasteiger partial charge is 0.465 e. The van der Waals surface area contributed by atoms with Gasteiger partial charge in [-0.3, -0.25) is 29.2 Å². The van der Waals surface area contributed by atoms with Crippen molar-refractivity contribution in [3.8, 4) is 0 Å². The number of H-pyrrole nitrogens is 1. The highest BCUT2D eigenvalue weighted by Gasteiger charge is 2.17. The van der Waals surface area contributed by atoms with Gasteiger partial charge in [-0.15, -0.1) is 0 Å². The van der Waals surface area contributed by atoms with Gasteiger partial charge >= 0.3 is 5.97 Å². The Morgan fingerprint density at radius 1 is 0.976 bits per heavy atom. The van der Waals surface area contributed by atoms with Crippen LogP contribution in [0.4, 0.5) is 14.6 Å². The lowest BCUT2D eigenvalue weighted by atomic mass is 10.1. The van der Waals surface area contributed by atoms with E-state index in [0.29, 0.717) is 49.4 Å². The van der Waals surface area contributed by atoms with Crippen LogP contribution in [0.2, 0.25) is 5.02 Å². The molecule has 0 aliphatic heterocycles. The molecule has 15 heteroatoms. The zero-order valence-electron chi connectivity index (χ0n) is 22.5. The van der Waals surface area contributed by atoms with Crippen LogP contribution in [0.15, 0.2) is 42.5 Å². The number of ether oxygens (including phenoxy) is 1. The van der Waals surface area contributed by atoms with Crippen LogP contribution in [0.5, 0.6) is 0 Å². The molecule has 1 heterocycles. The van der Waals surface area contributed by atoms with E-state index in [2.05, 4.69) is 26.1 Å². The summed E-state index contributed by atoms with van der Waals surface area (Å²) < 4.78 is 31.6. The third kappa shape index (κ3) is 9.61. The maximum atomic E-state index is 13.5. The highest BCUT2D eigenvalue weighted by atomic mass is 35.5. The summed E-state index contributed by atoms with van der Waals surface area (Å²) in [7, 11) is 0. The number of aromatic nitrogens is 2. The first-order valence-electron chi connectivity index (χ1n) is 12.7. The molecule has 0 fully saturated rings. The molecule has 5 N–H and O–H groups in total. The zero-order chi connectivity index (χ0) is 30.6. The number of carbonyl (C=O) groups excluding carboxylic acids is 4. The fraction of sp³-hybridized carbons (Fsp3) is 0.296. The van der Waals surface area contributed by atoms with E-state index in [4.69, 9.17) is 16.3 Å². The van der Waals surface area contributed by atoms with Crippen molar-refractivity contribution in [2.45, 2.75) is 13.5 Å². The molecule has 224 valence electrons. The van der Waals surface area contributed by atoms with E-state index < -0.39 is 23.4 Å². The van der Waals surface area contributed by atoms with E-state index in [1.54, 1.807) is 24.3 Å². The van der Waals surface area contributed by atoms with Crippen molar-refractivity contribution in [1.29, 1.82) is 0 Å². The molecule has 0 unspecified atom stereocenters. The number of carbonyl (C=O) groups is 4. The van der Waals surface area contributed by atoms with Crippen molar-refractivity contribution < 1.29 is 37.8 Å². The van der Waals surface area contributed by atoms with Crippen LogP contribution in [0.3, 0.4) is 0 Å². The summed E-state index contributed by atoms with van der Waals surface area (Å²) in [5, 5.41) is 23.0. The smallest absolute Gasteiger partial charge is 0.302 e. The number of hydrogen-bond donors (Lipinski definition) is 5. The van der Waals surface area contributed by atoms with Gasteiger partial charge in [-0.05, 0) is 29.8 Å². The van der Waals surface area contributed by atoms with Gasteiger partial charge < -0.3 is 25.8 Å². The van der Waals surface area contributed by atoms with E-state index in [9.17, 15) is 33.1 Å². The summed E-state index contributed by atoms with van der Waals surface area (Å²) in [5.41, 5.74) is 0.776. The number of aliphatic hydroxyl groups is 1. The topological polar surface area (TPSA) is 166 Å². The van der Waals surface area contributed by atoms with E-state index in [0.717, 1.165) is 0 Å². The minimum absolute atomic E-state index is 0.0326. The van der Waals surface area contributed by atoms with Crippen LogP contribution in [0.25, 0.3) is 0 Å². The van der Waals surface area contributed by atoms with Gasteiger partial charge in [0.2, 0.25) is 0 Å². The van der Waals surface area contributed by atoms with Crippen molar-refractivity contribution in [3.05, 3.63) is 81.5 Å². The average molecular weight is 607 g/mol. The molecule has 1 aromatic heterocycles. The Hall–Kier alpha value is -4.40. The van der Waals surface area contributed by atoms with Gasteiger partial charge in [-0.2, -0.15) is 5.10 Å². The molecule has 42 heavy (non-hydrogen) atoms. The van der Waals surface area contributed by atoms with Crippen molar-refractivity contribution in [2.75, 3.05) is 44.7 Å². The van der Waals surface area contributed by atoms with Gasteiger partial charge in [0.25, 0.3) is 17.7 Å². The van der Waals surface area contributed by atoms with Crippen molar-refractivity contribution in [2.24, 2.45) is 0 Å². The molecule has 2 aromatic carbocycles. The van der Waals surface area contributed by atoms with Crippen LogP contribution in [-0.2, 0) is 16.1 Å². The van der Waals surface area contributed by atoms with Crippen molar-refractivity contribution >= 4 is 41.1 Å². The number of aliphatic hydroxyl groups excluding tert-OH is 1. The molecule has 0 aliphatic rings. The molecular weight excluding hydrogens is 578 g/mol. The Balaban J connectivity index is 1.45. The summed E-state index contributed by atoms with van der Waals surface area (Å²) in [6.45, 7) is 3.13.